The fraction of sp³-hybridized carbons (Fsp3) is 0.533. The average Bonchev–Trinajstić information content (AvgIpc) is 2.97. The Kier molecular flexibility index (Phi) is 5.73. The Morgan fingerprint density at radius 1 is 1.38 bits per heavy atom. The fourth-order valence-corrected chi connectivity index (χ4v) is 4.17. The molecule has 0 aliphatic heterocycles. The van der Waals surface area contributed by atoms with Gasteiger partial charge in [0, 0.05) is 33.9 Å². The molecule has 0 radical (unpaired) electrons. The summed E-state index contributed by atoms with van der Waals surface area (Å²) in [6.45, 7) is 0. The van der Waals surface area contributed by atoms with Crippen LogP contribution in [-0.4, -0.2) is 21.1 Å². The SMILES string of the molecule is Nc1ccc(F)c(NC(=O)CCCS(=O)C2CCCC2)c1. The molecule has 0 bridgehead atoms. The highest BCUT2D eigenvalue weighted by molar-refractivity contribution is 7.85. The summed E-state index contributed by atoms with van der Waals surface area (Å²) in [5.74, 6) is -0.243. The molecule has 1 fully saturated rings. The zero-order chi connectivity index (χ0) is 15.2. The standard InChI is InChI=1S/C15H21FN2O2S/c16-13-8-7-11(17)10-14(13)18-15(19)6-3-9-21(20)12-4-1-2-5-12/h7-8,10,12H,1-6,9,17H2,(H,18,19). The van der Waals surface area contributed by atoms with E-state index in [1.165, 1.54) is 18.2 Å². The van der Waals surface area contributed by atoms with E-state index in [-0.39, 0.29) is 18.0 Å². The molecule has 116 valence electrons. The summed E-state index contributed by atoms with van der Waals surface area (Å²) < 4.78 is 25.5. The van der Waals surface area contributed by atoms with Gasteiger partial charge in [-0.05, 0) is 37.5 Å². The van der Waals surface area contributed by atoms with Gasteiger partial charge in [0.25, 0.3) is 0 Å². The molecule has 1 aromatic carbocycles. The summed E-state index contributed by atoms with van der Waals surface area (Å²) in [6, 6.07) is 4.06. The maximum atomic E-state index is 13.5. The van der Waals surface area contributed by atoms with Gasteiger partial charge in [0.2, 0.25) is 5.91 Å². The van der Waals surface area contributed by atoms with Crippen LogP contribution in [-0.2, 0) is 15.6 Å². The number of nitrogens with one attached hydrogen (secondary N) is 1. The van der Waals surface area contributed by atoms with Gasteiger partial charge >= 0.3 is 0 Å². The highest BCUT2D eigenvalue weighted by Gasteiger charge is 2.21. The second-order valence-corrected chi connectivity index (χ2v) is 7.22. The maximum absolute atomic E-state index is 13.5. The summed E-state index contributed by atoms with van der Waals surface area (Å²) in [4.78, 5) is 11.8. The first-order valence-electron chi connectivity index (χ1n) is 7.28. The van der Waals surface area contributed by atoms with Crippen molar-refractivity contribution in [1.82, 2.24) is 0 Å². The van der Waals surface area contributed by atoms with Gasteiger partial charge in [-0.1, -0.05) is 12.8 Å². The summed E-state index contributed by atoms with van der Waals surface area (Å²) in [7, 11) is -0.840. The van der Waals surface area contributed by atoms with Crippen molar-refractivity contribution in [2.75, 3.05) is 16.8 Å². The zero-order valence-corrected chi connectivity index (χ0v) is 12.8. The molecule has 6 heteroatoms. The van der Waals surface area contributed by atoms with Crippen molar-refractivity contribution < 1.29 is 13.4 Å². The maximum Gasteiger partial charge on any atom is 0.224 e. The minimum Gasteiger partial charge on any atom is -0.399 e. The van der Waals surface area contributed by atoms with E-state index in [0.717, 1.165) is 25.7 Å². The lowest BCUT2D eigenvalue weighted by molar-refractivity contribution is -0.116. The Morgan fingerprint density at radius 3 is 2.81 bits per heavy atom. The molecular weight excluding hydrogens is 291 g/mol. The third-order valence-electron chi connectivity index (χ3n) is 3.69. The number of hydrogen-bond acceptors (Lipinski definition) is 3. The minimum absolute atomic E-state index is 0.0944. The van der Waals surface area contributed by atoms with Gasteiger partial charge in [-0.15, -0.1) is 0 Å². The molecule has 1 saturated carbocycles. The summed E-state index contributed by atoms with van der Waals surface area (Å²) >= 11 is 0. The van der Waals surface area contributed by atoms with E-state index in [2.05, 4.69) is 5.32 Å². The fourth-order valence-electron chi connectivity index (χ4n) is 2.54. The number of halogens is 1. The first-order valence-corrected chi connectivity index (χ1v) is 8.66. The number of carbonyl (C=O) groups excluding carboxylic acids is 1. The lowest BCUT2D eigenvalue weighted by atomic mass is 10.2. The molecule has 1 amide bonds. The van der Waals surface area contributed by atoms with Crippen LogP contribution in [0.25, 0.3) is 0 Å². The van der Waals surface area contributed by atoms with Gasteiger partial charge in [0.1, 0.15) is 5.82 Å². The number of amides is 1. The van der Waals surface area contributed by atoms with Crippen molar-refractivity contribution in [2.45, 2.75) is 43.8 Å². The van der Waals surface area contributed by atoms with Crippen LogP contribution in [0, 0.1) is 5.82 Å². The van der Waals surface area contributed by atoms with Crippen molar-refractivity contribution in [1.29, 1.82) is 0 Å². The normalized spacial score (nSPS) is 16.8. The molecule has 4 nitrogen and oxygen atoms in total. The molecule has 2 rings (SSSR count). The molecule has 1 aliphatic carbocycles. The number of anilines is 2. The van der Waals surface area contributed by atoms with Crippen LogP contribution in [0.5, 0.6) is 0 Å². The van der Waals surface area contributed by atoms with Gasteiger partial charge in [-0.3, -0.25) is 9.00 Å². The van der Waals surface area contributed by atoms with Crippen LogP contribution in [0.1, 0.15) is 38.5 Å². The molecule has 0 spiro atoms. The van der Waals surface area contributed by atoms with Crippen LogP contribution in [0.3, 0.4) is 0 Å². The van der Waals surface area contributed by atoms with Gasteiger partial charge in [-0.25, -0.2) is 4.39 Å². The van der Waals surface area contributed by atoms with Crippen LogP contribution in [0.2, 0.25) is 0 Å². The van der Waals surface area contributed by atoms with Crippen molar-refractivity contribution in [3.05, 3.63) is 24.0 Å². The Labute approximate surface area is 126 Å². The lowest BCUT2D eigenvalue weighted by Crippen LogP contribution is -2.17. The highest BCUT2D eigenvalue weighted by Crippen LogP contribution is 2.23. The molecule has 3 N–H and O–H groups in total. The Balaban J connectivity index is 1.74. The predicted octanol–water partition coefficient (Wildman–Crippen LogP) is 2.82. The summed E-state index contributed by atoms with van der Waals surface area (Å²) in [5, 5.41) is 2.81. The van der Waals surface area contributed by atoms with Crippen molar-refractivity contribution in [3.63, 3.8) is 0 Å². The second kappa shape index (κ2) is 7.54. The number of nitrogens with two attached hydrogens (primary N) is 1. The van der Waals surface area contributed by atoms with E-state index >= 15 is 0 Å². The molecule has 1 aromatic rings. The Bertz CT molecular complexity index is 530. The van der Waals surface area contributed by atoms with Crippen molar-refractivity contribution >= 4 is 28.1 Å². The highest BCUT2D eigenvalue weighted by atomic mass is 32.2. The molecule has 1 aliphatic rings. The van der Waals surface area contributed by atoms with Gasteiger partial charge < -0.3 is 11.1 Å². The van der Waals surface area contributed by atoms with E-state index in [1.54, 1.807) is 0 Å². The second-order valence-electron chi connectivity index (χ2n) is 5.38. The monoisotopic (exact) mass is 312 g/mol. The molecule has 21 heavy (non-hydrogen) atoms. The molecule has 0 heterocycles. The van der Waals surface area contributed by atoms with E-state index in [4.69, 9.17) is 5.73 Å². The molecule has 1 atom stereocenters. The van der Waals surface area contributed by atoms with Gasteiger partial charge in [-0.2, -0.15) is 0 Å². The van der Waals surface area contributed by atoms with E-state index in [0.29, 0.717) is 23.1 Å². The Hall–Kier alpha value is -1.43. The molecular formula is C15H21FN2O2S. The number of carbonyl (C=O) groups is 1. The van der Waals surface area contributed by atoms with Gasteiger partial charge in [0.05, 0.1) is 5.69 Å². The third-order valence-corrected chi connectivity index (χ3v) is 5.59. The summed E-state index contributed by atoms with van der Waals surface area (Å²) in [5.41, 5.74) is 6.05. The van der Waals surface area contributed by atoms with E-state index in [1.807, 2.05) is 0 Å². The smallest absolute Gasteiger partial charge is 0.224 e. The van der Waals surface area contributed by atoms with E-state index in [9.17, 15) is 13.4 Å². The Morgan fingerprint density at radius 2 is 2.10 bits per heavy atom. The average molecular weight is 312 g/mol. The minimum atomic E-state index is -0.840. The lowest BCUT2D eigenvalue weighted by Gasteiger charge is -2.09. The largest absolute Gasteiger partial charge is 0.399 e. The van der Waals surface area contributed by atoms with Gasteiger partial charge in [0.15, 0.2) is 0 Å². The van der Waals surface area contributed by atoms with Crippen LogP contribution in [0.4, 0.5) is 15.8 Å². The van der Waals surface area contributed by atoms with Crippen LogP contribution < -0.4 is 11.1 Å². The zero-order valence-electron chi connectivity index (χ0n) is 11.9. The van der Waals surface area contributed by atoms with Crippen molar-refractivity contribution in [2.24, 2.45) is 0 Å². The van der Waals surface area contributed by atoms with Crippen LogP contribution >= 0.6 is 0 Å². The number of benzene rings is 1. The van der Waals surface area contributed by atoms with E-state index < -0.39 is 16.6 Å². The summed E-state index contributed by atoms with van der Waals surface area (Å²) in [6.07, 6.45) is 5.18. The number of rotatable bonds is 6. The third kappa shape index (κ3) is 4.81. The molecule has 1 unspecified atom stereocenters. The topological polar surface area (TPSA) is 72.2 Å². The predicted molar refractivity (Wildman–Crippen MR) is 83.9 cm³/mol. The number of nitrogen functional groups attached to an aromatic ring is 1. The molecule has 0 saturated heterocycles. The van der Waals surface area contributed by atoms with Crippen molar-refractivity contribution in [3.8, 4) is 0 Å². The number of hydrogen-bond donors (Lipinski definition) is 2. The quantitative estimate of drug-likeness (QED) is 0.793. The first-order chi connectivity index (χ1) is 10.1. The van der Waals surface area contributed by atoms with Crippen LogP contribution in [0.15, 0.2) is 18.2 Å². The first kappa shape index (κ1) is 15.9. The molecule has 0 aromatic heterocycles.